The lowest BCUT2D eigenvalue weighted by Gasteiger charge is -2.10. The molecule has 9 nitrogen and oxygen atoms in total. The van der Waals surface area contributed by atoms with Crippen LogP contribution in [0, 0.1) is 0 Å². The van der Waals surface area contributed by atoms with E-state index in [4.69, 9.17) is 0 Å². The Morgan fingerprint density at radius 1 is 0.879 bits per heavy atom. The van der Waals surface area contributed by atoms with Gasteiger partial charge in [-0.25, -0.2) is 9.36 Å². The minimum absolute atomic E-state index is 0.0624. The van der Waals surface area contributed by atoms with E-state index >= 15 is 0 Å². The Balaban J connectivity index is 1.41. The summed E-state index contributed by atoms with van der Waals surface area (Å²) >= 11 is 0. The first-order valence-corrected chi connectivity index (χ1v) is 10.8. The average Bonchev–Trinajstić information content (AvgIpc) is 3.46. The van der Waals surface area contributed by atoms with Gasteiger partial charge in [-0.05, 0) is 44.4 Å². The molecule has 2 aromatic carbocycles. The number of hydrogen-bond donors (Lipinski definition) is 2. The highest BCUT2D eigenvalue weighted by atomic mass is 16.2. The minimum atomic E-state index is -0.610. The van der Waals surface area contributed by atoms with Crippen molar-refractivity contribution >= 4 is 22.6 Å². The highest BCUT2D eigenvalue weighted by Gasteiger charge is 2.27. The van der Waals surface area contributed by atoms with Crippen LogP contribution in [-0.2, 0) is 19.4 Å². The fourth-order valence-corrected chi connectivity index (χ4v) is 4.25. The van der Waals surface area contributed by atoms with Gasteiger partial charge in [0.05, 0.1) is 11.1 Å². The molecule has 2 N–H and O–H groups in total. The molecule has 9 heteroatoms. The van der Waals surface area contributed by atoms with Gasteiger partial charge in [-0.1, -0.05) is 36.4 Å². The SMILES string of the molecule is CCn1nc(C(=O)NNC(=O)c2nn(-c3ccccc3)c3c2CCC3)c2ccccc2c1=O. The topological polar surface area (TPSA) is 111 Å². The maximum atomic E-state index is 12.9. The summed E-state index contributed by atoms with van der Waals surface area (Å²) in [5.41, 5.74) is 7.79. The van der Waals surface area contributed by atoms with E-state index in [1.54, 1.807) is 35.9 Å². The number of rotatable bonds is 4. The molecule has 0 aliphatic heterocycles. The van der Waals surface area contributed by atoms with Crippen LogP contribution in [0.25, 0.3) is 16.5 Å². The zero-order chi connectivity index (χ0) is 22.9. The summed E-state index contributed by atoms with van der Waals surface area (Å²) in [5.74, 6) is -1.11. The maximum absolute atomic E-state index is 12.9. The first kappa shape index (κ1) is 20.6. The third-order valence-corrected chi connectivity index (χ3v) is 5.82. The zero-order valence-electron chi connectivity index (χ0n) is 18.0. The number of nitrogens with one attached hydrogen (secondary N) is 2. The molecule has 0 saturated heterocycles. The van der Waals surface area contributed by atoms with Gasteiger partial charge in [0.1, 0.15) is 0 Å². The smallest absolute Gasteiger partial charge is 0.267 e. The van der Waals surface area contributed by atoms with Crippen LogP contribution >= 0.6 is 0 Å². The van der Waals surface area contributed by atoms with E-state index in [2.05, 4.69) is 21.0 Å². The van der Waals surface area contributed by atoms with E-state index in [1.165, 1.54) is 4.68 Å². The molecular weight excluding hydrogens is 420 g/mol. The van der Waals surface area contributed by atoms with E-state index < -0.39 is 11.8 Å². The number of carbonyl (C=O) groups is 2. The van der Waals surface area contributed by atoms with Crippen molar-refractivity contribution in [1.82, 2.24) is 30.4 Å². The number of hydrogen-bond acceptors (Lipinski definition) is 5. The van der Waals surface area contributed by atoms with Crippen LogP contribution in [0.4, 0.5) is 0 Å². The first-order chi connectivity index (χ1) is 16.1. The van der Waals surface area contributed by atoms with Gasteiger partial charge in [0, 0.05) is 23.2 Å². The molecule has 4 aromatic rings. The number of nitrogens with zero attached hydrogens (tertiary/aromatic N) is 4. The van der Waals surface area contributed by atoms with Crippen LogP contribution in [-0.4, -0.2) is 31.4 Å². The highest BCUT2D eigenvalue weighted by Crippen LogP contribution is 2.27. The second-order valence-corrected chi connectivity index (χ2v) is 7.80. The molecule has 0 atom stereocenters. The fraction of sp³-hybridized carbons (Fsp3) is 0.208. The van der Waals surface area contributed by atoms with Crippen LogP contribution < -0.4 is 16.4 Å². The monoisotopic (exact) mass is 442 g/mol. The quantitative estimate of drug-likeness (QED) is 0.471. The van der Waals surface area contributed by atoms with Gasteiger partial charge in [0.15, 0.2) is 11.4 Å². The molecule has 0 spiro atoms. The van der Waals surface area contributed by atoms with Gasteiger partial charge >= 0.3 is 0 Å². The second-order valence-electron chi connectivity index (χ2n) is 7.80. The largest absolute Gasteiger partial charge is 0.290 e. The van der Waals surface area contributed by atoms with E-state index in [0.29, 0.717) is 23.0 Å². The summed E-state index contributed by atoms with van der Waals surface area (Å²) in [6.07, 6.45) is 2.54. The van der Waals surface area contributed by atoms with Gasteiger partial charge in [0.25, 0.3) is 17.4 Å². The van der Waals surface area contributed by atoms with Crippen LogP contribution in [0.1, 0.15) is 45.6 Å². The van der Waals surface area contributed by atoms with Crippen molar-refractivity contribution in [3.05, 3.63) is 87.6 Å². The minimum Gasteiger partial charge on any atom is -0.267 e. The van der Waals surface area contributed by atoms with Crippen molar-refractivity contribution in [2.45, 2.75) is 32.7 Å². The number of carbonyl (C=O) groups excluding carboxylic acids is 2. The summed E-state index contributed by atoms with van der Waals surface area (Å²) < 4.78 is 3.03. The molecule has 1 aliphatic carbocycles. The standard InChI is InChI=1S/C24H22N6O3/c1-2-29-24(33)17-12-7-6-11-16(17)20(27-29)22(31)25-26-23(32)21-18-13-8-14-19(18)30(28-21)15-9-4-3-5-10-15/h3-7,9-12H,2,8,13-14H2,1H3,(H,25,31)(H,26,32). The maximum Gasteiger partial charge on any atom is 0.290 e. The van der Waals surface area contributed by atoms with E-state index in [1.807, 2.05) is 30.3 Å². The van der Waals surface area contributed by atoms with Crippen molar-refractivity contribution in [3.63, 3.8) is 0 Å². The Bertz CT molecular complexity index is 1440. The Kier molecular flexibility index (Phi) is 5.21. The molecule has 1 aliphatic rings. The molecule has 2 heterocycles. The van der Waals surface area contributed by atoms with Crippen molar-refractivity contribution < 1.29 is 9.59 Å². The van der Waals surface area contributed by atoms with Gasteiger partial charge < -0.3 is 0 Å². The van der Waals surface area contributed by atoms with Crippen molar-refractivity contribution in [1.29, 1.82) is 0 Å². The number of hydrazine groups is 1. The molecule has 0 saturated carbocycles. The van der Waals surface area contributed by atoms with E-state index in [0.717, 1.165) is 36.2 Å². The Labute approximate surface area is 189 Å². The fourth-order valence-electron chi connectivity index (χ4n) is 4.25. The third kappa shape index (κ3) is 3.57. The van der Waals surface area contributed by atoms with Crippen molar-refractivity contribution in [2.24, 2.45) is 0 Å². The van der Waals surface area contributed by atoms with Crippen molar-refractivity contribution in [3.8, 4) is 5.69 Å². The lowest BCUT2D eigenvalue weighted by atomic mass is 10.1. The van der Waals surface area contributed by atoms with Crippen LogP contribution in [0.2, 0.25) is 0 Å². The average molecular weight is 442 g/mol. The van der Waals surface area contributed by atoms with Crippen LogP contribution in [0.15, 0.2) is 59.4 Å². The molecule has 166 valence electrons. The summed E-state index contributed by atoms with van der Waals surface area (Å²) in [6.45, 7) is 2.09. The lowest BCUT2D eigenvalue weighted by Crippen LogP contribution is -2.43. The van der Waals surface area contributed by atoms with Crippen LogP contribution in [0.5, 0.6) is 0 Å². The lowest BCUT2D eigenvalue weighted by molar-refractivity contribution is 0.0840. The number of benzene rings is 2. The number of fused-ring (bicyclic) bond motifs is 2. The third-order valence-electron chi connectivity index (χ3n) is 5.82. The van der Waals surface area contributed by atoms with Crippen molar-refractivity contribution in [2.75, 3.05) is 0 Å². The Hall–Kier alpha value is -4.27. The number of para-hydroxylation sites is 1. The molecule has 0 unspecified atom stereocenters. The second kappa shape index (κ2) is 8.34. The number of aryl methyl sites for hydroxylation is 1. The summed E-state index contributed by atoms with van der Waals surface area (Å²) in [6, 6.07) is 16.4. The molecular formula is C24H22N6O3. The zero-order valence-corrected chi connectivity index (χ0v) is 18.0. The molecule has 33 heavy (non-hydrogen) atoms. The van der Waals surface area contributed by atoms with Crippen LogP contribution in [0.3, 0.4) is 0 Å². The molecule has 0 bridgehead atoms. The predicted molar refractivity (Wildman–Crippen MR) is 122 cm³/mol. The molecule has 0 radical (unpaired) electrons. The predicted octanol–water partition coefficient (Wildman–Crippen LogP) is 2.17. The van der Waals surface area contributed by atoms with E-state index in [9.17, 15) is 14.4 Å². The van der Waals surface area contributed by atoms with Gasteiger partial charge in [-0.15, -0.1) is 0 Å². The van der Waals surface area contributed by atoms with Gasteiger partial charge in [-0.3, -0.25) is 25.2 Å². The molecule has 2 amide bonds. The summed E-state index contributed by atoms with van der Waals surface area (Å²) in [7, 11) is 0. The van der Waals surface area contributed by atoms with Gasteiger partial charge in [-0.2, -0.15) is 10.2 Å². The summed E-state index contributed by atoms with van der Waals surface area (Å²) in [5, 5.41) is 9.54. The highest BCUT2D eigenvalue weighted by molar-refractivity contribution is 6.06. The molecule has 5 rings (SSSR count). The number of amides is 2. The van der Waals surface area contributed by atoms with E-state index in [-0.39, 0.29) is 11.3 Å². The summed E-state index contributed by atoms with van der Waals surface area (Å²) in [4.78, 5) is 38.4. The van der Waals surface area contributed by atoms with Gasteiger partial charge in [0.2, 0.25) is 0 Å². The number of aromatic nitrogens is 4. The Morgan fingerprint density at radius 2 is 1.55 bits per heavy atom. The Morgan fingerprint density at radius 3 is 2.27 bits per heavy atom. The normalized spacial score (nSPS) is 12.5. The first-order valence-electron chi connectivity index (χ1n) is 10.8. The molecule has 2 aromatic heterocycles. The molecule has 0 fully saturated rings.